The minimum atomic E-state index is -0.261. The molecule has 20 heavy (non-hydrogen) atoms. The molecule has 0 radical (unpaired) electrons. The van der Waals surface area contributed by atoms with Crippen LogP contribution in [0.4, 0.5) is 5.69 Å². The van der Waals surface area contributed by atoms with Crippen molar-refractivity contribution in [3.63, 3.8) is 0 Å². The summed E-state index contributed by atoms with van der Waals surface area (Å²) in [6, 6.07) is 7.48. The van der Waals surface area contributed by atoms with Crippen molar-refractivity contribution in [2.24, 2.45) is 0 Å². The Labute approximate surface area is 121 Å². The van der Waals surface area contributed by atoms with Crippen molar-refractivity contribution in [2.45, 2.75) is 25.4 Å². The van der Waals surface area contributed by atoms with Crippen LogP contribution in [0.25, 0.3) is 10.1 Å². The zero-order valence-electron chi connectivity index (χ0n) is 11.1. The summed E-state index contributed by atoms with van der Waals surface area (Å²) in [6.45, 7) is 1.25. The molecule has 3 rings (SSSR count). The van der Waals surface area contributed by atoms with Crippen LogP contribution in [0, 0.1) is 0 Å². The van der Waals surface area contributed by atoms with Crippen molar-refractivity contribution in [1.29, 1.82) is 0 Å². The average molecular weight is 291 g/mol. The van der Waals surface area contributed by atoms with Crippen LogP contribution in [0.3, 0.4) is 0 Å². The summed E-state index contributed by atoms with van der Waals surface area (Å²) in [5.41, 5.74) is 6.44. The van der Waals surface area contributed by atoms with Gasteiger partial charge in [-0.2, -0.15) is 0 Å². The zero-order chi connectivity index (χ0) is 13.9. The molecule has 5 heteroatoms. The van der Waals surface area contributed by atoms with Gasteiger partial charge in [0.15, 0.2) is 0 Å². The number of ether oxygens (including phenoxy) is 2. The van der Waals surface area contributed by atoms with E-state index in [4.69, 9.17) is 15.2 Å². The Kier molecular flexibility index (Phi) is 3.89. The van der Waals surface area contributed by atoms with E-state index >= 15 is 0 Å². The van der Waals surface area contributed by atoms with Gasteiger partial charge in [0.1, 0.15) is 4.88 Å². The van der Waals surface area contributed by atoms with Crippen LogP contribution in [-0.2, 0) is 9.47 Å². The summed E-state index contributed by atoms with van der Waals surface area (Å²) in [5.74, 6) is -0.261. The molecule has 106 valence electrons. The van der Waals surface area contributed by atoms with Gasteiger partial charge in [-0.1, -0.05) is 0 Å². The Balaban J connectivity index is 1.60. The Morgan fingerprint density at radius 1 is 1.45 bits per heavy atom. The van der Waals surface area contributed by atoms with Gasteiger partial charge in [0.25, 0.3) is 0 Å². The van der Waals surface area contributed by atoms with E-state index in [9.17, 15) is 4.79 Å². The predicted octanol–water partition coefficient (Wildman–Crippen LogP) is 3.21. The Hall–Kier alpha value is -1.59. The van der Waals surface area contributed by atoms with Gasteiger partial charge in [-0.3, -0.25) is 0 Å². The highest BCUT2D eigenvalue weighted by atomic mass is 32.1. The number of benzene rings is 1. The first-order chi connectivity index (χ1) is 9.72. The Morgan fingerprint density at radius 3 is 3.15 bits per heavy atom. The van der Waals surface area contributed by atoms with Crippen LogP contribution in [-0.4, -0.2) is 25.3 Å². The lowest BCUT2D eigenvalue weighted by atomic mass is 10.2. The molecule has 1 aromatic heterocycles. The Morgan fingerprint density at radius 2 is 2.35 bits per heavy atom. The fraction of sp³-hybridized carbons (Fsp3) is 0.400. The largest absolute Gasteiger partial charge is 0.461 e. The molecule has 4 nitrogen and oxygen atoms in total. The molecule has 0 spiro atoms. The SMILES string of the molecule is Nc1ccc2sc(C(=O)OCCC3CCCO3)cc2c1. The van der Waals surface area contributed by atoms with Gasteiger partial charge in [0.2, 0.25) is 0 Å². The molecule has 2 aromatic rings. The summed E-state index contributed by atoms with van der Waals surface area (Å²) >= 11 is 1.44. The highest BCUT2D eigenvalue weighted by Crippen LogP contribution is 2.28. The number of nitrogen functional groups attached to an aromatic ring is 1. The third kappa shape index (κ3) is 2.94. The van der Waals surface area contributed by atoms with Gasteiger partial charge in [0.05, 0.1) is 12.7 Å². The van der Waals surface area contributed by atoms with Crippen LogP contribution >= 0.6 is 11.3 Å². The molecular weight excluding hydrogens is 274 g/mol. The molecule has 1 aromatic carbocycles. The first-order valence-corrected chi connectivity index (χ1v) is 7.62. The van der Waals surface area contributed by atoms with E-state index in [1.54, 1.807) is 0 Å². The minimum Gasteiger partial charge on any atom is -0.461 e. The van der Waals surface area contributed by atoms with Crippen LogP contribution in [0.2, 0.25) is 0 Å². The van der Waals surface area contributed by atoms with Gasteiger partial charge in [-0.25, -0.2) is 4.79 Å². The lowest BCUT2D eigenvalue weighted by Gasteiger charge is -2.08. The molecule has 0 amide bonds. The van der Waals surface area contributed by atoms with Crippen LogP contribution in [0.1, 0.15) is 28.9 Å². The maximum atomic E-state index is 12.0. The lowest BCUT2D eigenvalue weighted by molar-refractivity contribution is 0.0391. The summed E-state index contributed by atoms with van der Waals surface area (Å²) in [4.78, 5) is 12.6. The molecule has 2 N–H and O–H groups in total. The molecule has 0 bridgehead atoms. The lowest BCUT2D eigenvalue weighted by Crippen LogP contribution is -2.12. The molecule has 1 saturated heterocycles. The summed E-state index contributed by atoms with van der Waals surface area (Å²) in [6.07, 6.45) is 3.21. The van der Waals surface area contributed by atoms with Crippen molar-refractivity contribution in [1.82, 2.24) is 0 Å². The average Bonchev–Trinajstić information content (AvgIpc) is 3.06. The number of carbonyl (C=O) groups is 1. The number of anilines is 1. The third-order valence-electron chi connectivity index (χ3n) is 3.44. The second kappa shape index (κ2) is 5.81. The normalized spacial score (nSPS) is 18.5. The zero-order valence-corrected chi connectivity index (χ0v) is 11.9. The second-order valence-electron chi connectivity index (χ2n) is 4.97. The number of nitrogens with two attached hydrogens (primary N) is 1. The molecule has 1 fully saturated rings. The van der Waals surface area contributed by atoms with Gasteiger partial charge in [-0.05, 0) is 42.5 Å². The third-order valence-corrected chi connectivity index (χ3v) is 4.53. The highest BCUT2D eigenvalue weighted by Gasteiger charge is 2.17. The molecular formula is C15H17NO3S. The van der Waals surface area contributed by atoms with Crippen molar-refractivity contribution in [2.75, 3.05) is 18.9 Å². The number of hydrogen-bond donors (Lipinski definition) is 1. The van der Waals surface area contributed by atoms with Gasteiger partial charge >= 0.3 is 5.97 Å². The fourth-order valence-electron chi connectivity index (χ4n) is 2.39. The van der Waals surface area contributed by atoms with E-state index < -0.39 is 0 Å². The van der Waals surface area contributed by atoms with Gasteiger partial charge in [0, 0.05) is 23.4 Å². The second-order valence-corrected chi connectivity index (χ2v) is 6.05. The van der Waals surface area contributed by atoms with Gasteiger partial charge in [-0.15, -0.1) is 11.3 Å². The summed E-state index contributed by atoms with van der Waals surface area (Å²) in [5, 5.41) is 0.987. The number of thiophene rings is 1. The number of hydrogen-bond acceptors (Lipinski definition) is 5. The molecule has 1 aliphatic heterocycles. The molecule has 2 heterocycles. The summed E-state index contributed by atoms with van der Waals surface area (Å²) < 4.78 is 11.9. The highest BCUT2D eigenvalue weighted by molar-refractivity contribution is 7.20. The van der Waals surface area contributed by atoms with Crippen LogP contribution < -0.4 is 5.73 Å². The molecule has 1 aliphatic rings. The maximum absolute atomic E-state index is 12.0. The minimum absolute atomic E-state index is 0.255. The van der Waals surface area contributed by atoms with Crippen molar-refractivity contribution in [3.8, 4) is 0 Å². The summed E-state index contributed by atoms with van der Waals surface area (Å²) in [7, 11) is 0. The number of esters is 1. The monoisotopic (exact) mass is 291 g/mol. The van der Waals surface area contributed by atoms with Crippen molar-refractivity contribution >= 4 is 33.1 Å². The Bertz CT molecular complexity index is 617. The molecule has 0 aliphatic carbocycles. The van der Waals surface area contributed by atoms with Crippen molar-refractivity contribution in [3.05, 3.63) is 29.1 Å². The van der Waals surface area contributed by atoms with Gasteiger partial charge < -0.3 is 15.2 Å². The van der Waals surface area contributed by atoms with E-state index in [1.807, 2.05) is 24.3 Å². The quantitative estimate of drug-likeness (QED) is 0.694. The van der Waals surface area contributed by atoms with E-state index in [1.165, 1.54) is 11.3 Å². The first kappa shape index (κ1) is 13.4. The first-order valence-electron chi connectivity index (χ1n) is 6.80. The van der Waals surface area contributed by atoms with E-state index in [-0.39, 0.29) is 12.1 Å². The van der Waals surface area contributed by atoms with E-state index in [2.05, 4.69) is 0 Å². The van der Waals surface area contributed by atoms with Crippen LogP contribution in [0.15, 0.2) is 24.3 Å². The van der Waals surface area contributed by atoms with E-state index in [0.717, 1.165) is 36.0 Å². The number of carbonyl (C=O) groups excluding carboxylic acids is 1. The predicted molar refractivity (Wildman–Crippen MR) is 80.1 cm³/mol. The van der Waals surface area contributed by atoms with Crippen LogP contribution in [0.5, 0.6) is 0 Å². The number of fused-ring (bicyclic) bond motifs is 1. The molecule has 1 unspecified atom stereocenters. The number of rotatable bonds is 4. The van der Waals surface area contributed by atoms with E-state index in [0.29, 0.717) is 17.2 Å². The smallest absolute Gasteiger partial charge is 0.348 e. The topological polar surface area (TPSA) is 61.6 Å². The molecule has 0 saturated carbocycles. The standard InChI is InChI=1S/C15H17NO3S/c16-11-3-4-13-10(8-11)9-14(20-13)15(17)19-7-5-12-2-1-6-18-12/h3-4,8-9,12H,1-2,5-7,16H2. The van der Waals surface area contributed by atoms with Crippen molar-refractivity contribution < 1.29 is 14.3 Å². The maximum Gasteiger partial charge on any atom is 0.348 e. The molecule has 1 atom stereocenters. The fourth-order valence-corrected chi connectivity index (χ4v) is 3.33.